The minimum atomic E-state index is -5.21. The van der Waals surface area contributed by atoms with E-state index in [0.29, 0.717) is 0 Å². The number of primary amides is 1. The quantitative estimate of drug-likeness (QED) is 0.805. The Morgan fingerprint density at radius 3 is 1.95 bits per heavy atom. The Kier molecular flexibility index (Phi) is 3.48. The van der Waals surface area contributed by atoms with Crippen LogP contribution in [0.3, 0.4) is 0 Å². The zero-order valence-electron chi connectivity index (χ0n) is 8.86. The third-order valence-corrected chi connectivity index (χ3v) is 2.15. The number of halogens is 6. The predicted molar refractivity (Wildman–Crippen MR) is 49.7 cm³/mol. The molecule has 0 bridgehead atoms. The number of hydrogen-bond acceptors (Lipinski definition) is 2. The van der Waals surface area contributed by atoms with Crippen molar-refractivity contribution < 1.29 is 31.1 Å². The van der Waals surface area contributed by atoms with Gasteiger partial charge in [-0.1, -0.05) is 0 Å². The third-order valence-electron chi connectivity index (χ3n) is 2.15. The Labute approximate surface area is 102 Å². The van der Waals surface area contributed by atoms with Crippen molar-refractivity contribution >= 4 is 5.91 Å². The molecule has 9 heteroatoms. The van der Waals surface area contributed by atoms with Crippen LogP contribution in [0, 0.1) is 11.3 Å². The van der Waals surface area contributed by atoms with Crippen LogP contribution in [0.15, 0.2) is 12.1 Å². The summed E-state index contributed by atoms with van der Waals surface area (Å²) in [6, 6.07) is 0.933. The van der Waals surface area contributed by atoms with Crippen molar-refractivity contribution in [2.45, 2.75) is 12.4 Å². The number of rotatable bonds is 1. The molecule has 0 saturated heterocycles. The first-order valence-electron chi connectivity index (χ1n) is 4.51. The van der Waals surface area contributed by atoms with Gasteiger partial charge in [-0.2, -0.15) is 31.6 Å². The van der Waals surface area contributed by atoms with E-state index < -0.39 is 40.5 Å². The lowest BCUT2D eigenvalue weighted by molar-refractivity contribution is -0.143. The van der Waals surface area contributed by atoms with Crippen LogP contribution in [0.5, 0.6) is 0 Å². The molecule has 102 valence electrons. The highest BCUT2D eigenvalue weighted by Gasteiger charge is 2.40. The van der Waals surface area contributed by atoms with Gasteiger partial charge in [0.25, 0.3) is 0 Å². The maximum Gasteiger partial charge on any atom is 0.417 e. The lowest BCUT2D eigenvalue weighted by Gasteiger charge is -2.15. The molecule has 0 aromatic heterocycles. The highest BCUT2D eigenvalue weighted by atomic mass is 19.4. The summed E-state index contributed by atoms with van der Waals surface area (Å²) in [7, 11) is 0. The fraction of sp³-hybridized carbons (Fsp3) is 0.200. The van der Waals surface area contributed by atoms with E-state index in [4.69, 9.17) is 5.26 Å². The lowest BCUT2D eigenvalue weighted by atomic mass is 9.97. The molecule has 0 aliphatic rings. The maximum atomic E-state index is 12.6. The van der Waals surface area contributed by atoms with Crippen molar-refractivity contribution in [2.75, 3.05) is 0 Å². The summed E-state index contributed by atoms with van der Waals surface area (Å²) in [4.78, 5) is 10.9. The van der Waals surface area contributed by atoms with Crippen LogP contribution in [-0.2, 0) is 12.4 Å². The molecule has 0 saturated carbocycles. The first-order valence-corrected chi connectivity index (χ1v) is 4.51. The summed E-state index contributed by atoms with van der Waals surface area (Å²) in [5.74, 6) is -1.55. The number of nitriles is 1. The summed E-state index contributed by atoms with van der Waals surface area (Å²) >= 11 is 0. The number of nitrogens with two attached hydrogens (primary N) is 1. The molecule has 0 aliphatic carbocycles. The number of hydrogen-bond donors (Lipinski definition) is 1. The number of carbonyl (C=O) groups excluding carboxylic acids is 1. The number of nitrogens with zero attached hydrogens (tertiary/aromatic N) is 1. The molecule has 0 heterocycles. The Bertz CT molecular complexity index is 567. The van der Waals surface area contributed by atoms with Crippen molar-refractivity contribution in [3.8, 4) is 6.07 Å². The monoisotopic (exact) mass is 282 g/mol. The molecule has 1 aromatic carbocycles. The minimum Gasteiger partial charge on any atom is -0.366 e. The van der Waals surface area contributed by atoms with Crippen LogP contribution in [-0.4, -0.2) is 5.91 Å². The highest BCUT2D eigenvalue weighted by molar-refractivity contribution is 5.96. The zero-order chi connectivity index (χ0) is 15.0. The lowest BCUT2D eigenvalue weighted by Crippen LogP contribution is -2.20. The molecule has 0 atom stereocenters. The van der Waals surface area contributed by atoms with Crippen molar-refractivity contribution in [3.05, 3.63) is 34.4 Å². The summed E-state index contributed by atoms with van der Waals surface area (Å²) in [6.07, 6.45) is -10.3. The van der Waals surface area contributed by atoms with E-state index in [9.17, 15) is 31.1 Å². The number of alkyl halides is 6. The minimum absolute atomic E-state index is 0.121. The summed E-state index contributed by atoms with van der Waals surface area (Å²) in [5, 5.41) is 8.57. The van der Waals surface area contributed by atoms with E-state index in [1.54, 1.807) is 0 Å². The van der Waals surface area contributed by atoms with Crippen molar-refractivity contribution in [2.24, 2.45) is 5.73 Å². The number of carbonyl (C=O) groups is 1. The molecule has 3 nitrogen and oxygen atoms in total. The van der Waals surface area contributed by atoms with Crippen LogP contribution >= 0.6 is 0 Å². The molecule has 19 heavy (non-hydrogen) atoms. The molecule has 1 aromatic rings. The molecule has 2 N–H and O–H groups in total. The van der Waals surface area contributed by atoms with Gasteiger partial charge in [0.15, 0.2) is 0 Å². The summed E-state index contributed by atoms with van der Waals surface area (Å²) < 4.78 is 75.0. The van der Waals surface area contributed by atoms with E-state index in [-0.39, 0.29) is 12.1 Å². The van der Waals surface area contributed by atoms with Gasteiger partial charge in [-0.15, -0.1) is 0 Å². The molecule has 0 unspecified atom stereocenters. The predicted octanol–water partition coefficient (Wildman–Crippen LogP) is 2.69. The van der Waals surface area contributed by atoms with Gasteiger partial charge >= 0.3 is 12.4 Å². The van der Waals surface area contributed by atoms with Crippen LogP contribution in [0.2, 0.25) is 0 Å². The Morgan fingerprint density at radius 1 is 1.11 bits per heavy atom. The first-order chi connectivity index (χ1) is 8.48. The fourth-order valence-electron chi connectivity index (χ4n) is 1.34. The van der Waals surface area contributed by atoms with E-state index >= 15 is 0 Å². The van der Waals surface area contributed by atoms with Crippen LogP contribution in [0.4, 0.5) is 26.3 Å². The van der Waals surface area contributed by atoms with Gasteiger partial charge in [-0.05, 0) is 12.1 Å². The molecule has 0 radical (unpaired) electrons. The van der Waals surface area contributed by atoms with Gasteiger partial charge in [0, 0.05) is 0 Å². The molecular formula is C10H4F6N2O. The first kappa shape index (κ1) is 14.8. The number of amides is 1. The Morgan fingerprint density at radius 2 is 1.63 bits per heavy atom. The summed E-state index contributed by atoms with van der Waals surface area (Å²) in [5.41, 5.74) is -1.21. The van der Waals surface area contributed by atoms with Crippen LogP contribution < -0.4 is 5.73 Å². The third kappa shape index (κ3) is 2.96. The maximum absolute atomic E-state index is 12.6. The molecule has 1 rings (SSSR count). The van der Waals surface area contributed by atoms with E-state index in [2.05, 4.69) is 5.73 Å². The molecular weight excluding hydrogens is 278 g/mol. The average Bonchev–Trinajstić information content (AvgIpc) is 2.24. The van der Waals surface area contributed by atoms with E-state index in [1.165, 1.54) is 0 Å². The molecule has 1 amide bonds. The van der Waals surface area contributed by atoms with Gasteiger partial charge in [0.05, 0.1) is 22.3 Å². The summed E-state index contributed by atoms with van der Waals surface area (Å²) in [6.45, 7) is 0. The van der Waals surface area contributed by atoms with Crippen molar-refractivity contribution in [1.82, 2.24) is 0 Å². The molecule has 0 spiro atoms. The van der Waals surface area contributed by atoms with Gasteiger partial charge < -0.3 is 5.73 Å². The van der Waals surface area contributed by atoms with Gasteiger partial charge in [0.2, 0.25) is 5.91 Å². The molecule has 0 aliphatic heterocycles. The SMILES string of the molecule is N#Cc1c(C(N)=O)cc(C(F)(F)F)cc1C(F)(F)F. The zero-order valence-corrected chi connectivity index (χ0v) is 8.86. The average molecular weight is 282 g/mol. The smallest absolute Gasteiger partial charge is 0.366 e. The van der Waals surface area contributed by atoms with Crippen LogP contribution in [0.1, 0.15) is 27.0 Å². The Balaban J connectivity index is 3.76. The van der Waals surface area contributed by atoms with Crippen LogP contribution in [0.25, 0.3) is 0 Å². The fourth-order valence-corrected chi connectivity index (χ4v) is 1.34. The van der Waals surface area contributed by atoms with Gasteiger partial charge in [0.1, 0.15) is 6.07 Å². The second-order valence-corrected chi connectivity index (χ2v) is 3.42. The van der Waals surface area contributed by atoms with Gasteiger partial charge in [-0.3, -0.25) is 4.79 Å². The normalized spacial score (nSPS) is 12.1. The Hall–Kier alpha value is -2.24. The van der Waals surface area contributed by atoms with E-state index in [0.717, 1.165) is 6.07 Å². The second kappa shape index (κ2) is 4.46. The molecule has 0 fully saturated rings. The topological polar surface area (TPSA) is 66.9 Å². The second-order valence-electron chi connectivity index (χ2n) is 3.42. The van der Waals surface area contributed by atoms with Gasteiger partial charge in [-0.25, -0.2) is 0 Å². The number of benzene rings is 1. The van der Waals surface area contributed by atoms with E-state index in [1.807, 2.05) is 0 Å². The van der Waals surface area contributed by atoms with Crippen molar-refractivity contribution in [1.29, 1.82) is 5.26 Å². The largest absolute Gasteiger partial charge is 0.417 e. The van der Waals surface area contributed by atoms with Crippen molar-refractivity contribution in [3.63, 3.8) is 0 Å². The highest BCUT2D eigenvalue weighted by Crippen LogP contribution is 2.38. The standard InChI is InChI=1S/C10H4F6N2O/c11-9(12,13)4-1-5(8(18)19)6(3-17)7(2-4)10(14,15)16/h1-2H,(H2,18,19).